The smallest absolute Gasteiger partial charge is 0.232 e. The molecule has 0 aliphatic heterocycles. The van der Waals surface area contributed by atoms with Crippen LogP contribution >= 0.6 is 23.4 Å². The Bertz CT molecular complexity index is 201. The molecule has 4 heteroatoms. The molecule has 0 bridgehead atoms. The van der Waals surface area contributed by atoms with Gasteiger partial charge in [0.15, 0.2) is 0 Å². The van der Waals surface area contributed by atoms with Gasteiger partial charge in [0.1, 0.15) is 0 Å². The highest BCUT2D eigenvalue weighted by Crippen LogP contribution is 2.26. The Morgan fingerprint density at radius 3 is 2.71 bits per heavy atom. The lowest BCUT2D eigenvalue weighted by atomic mass is 9.94. The number of hydrogen-bond acceptors (Lipinski definition) is 2. The van der Waals surface area contributed by atoms with Crippen molar-refractivity contribution in [2.24, 2.45) is 0 Å². The van der Waals surface area contributed by atoms with Crippen molar-refractivity contribution >= 4 is 29.3 Å². The molecule has 2 unspecified atom stereocenters. The topological polar surface area (TPSA) is 20.3 Å². The van der Waals surface area contributed by atoms with Crippen molar-refractivity contribution in [2.45, 2.75) is 37.1 Å². The highest BCUT2D eigenvalue weighted by Gasteiger charge is 2.28. The third-order valence-electron chi connectivity index (χ3n) is 2.81. The van der Waals surface area contributed by atoms with E-state index in [-0.39, 0.29) is 17.3 Å². The molecule has 0 saturated heterocycles. The van der Waals surface area contributed by atoms with E-state index in [4.69, 9.17) is 11.6 Å². The van der Waals surface area contributed by atoms with Crippen LogP contribution in [0.4, 0.5) is 0 Å². The molecular weight excluding hydrogens is 218 g/mol. The van der Waals surface area contributed by atoms with Crippen molar-refractivity contribution in [2.75, 3.05) is 19.1 Å². The largest absolute Gasteiger partial charge is 0.341 e. The fraction of sp³-hybridized carbons (Fsp3) is 0.900. The summed E-state index contributed by atoms with van der Waals surface area (Å²) in [7, 11) is 1.88. The first-order valence-corrected chi connectivity index (χ1v) is 6.88. The van der Waals surface area contributed by atoms with Crippen molar-refractivity contribution in [1.29, 1.82) is 0 Å². The van der Waals surface area contributed by atoms with Gasteiger partial charge in [0, 0.05) is 13.1 Å². The van der Waals surface area contributed by atoms with Gasteiger partial charge >= 0.3 is 0 Å². The van der Waals surface area contributed by atoms with Crippen LogP contribution in [0.3, 0.4) is 0 Å². The molecule has 0 aromatic heterocycles. The zero-order valence-electron chi connectivity index (χ0n) is 8.83. The number of rotatable bonds is 3. The van der Waals surface area contributed by atoms with Crippen LogP contribution in [0.15, 0.2) is 0 Å². The van der Waals surface area contributed by atoms with Crippen LogP contribution in [0.1, 0.15) is 25.7 Å². The number of nitrogens with zero attached hydrogens (tertiary/aromatic N) is 1. The number of amides is 1. The number of thioether (sulfide) groups is 1. The Labute approximate surface area is 95.4 Å². The number of carbonyl (C=O) groups is 1. The highest BCUT2D eigenvalue weighted by molar-refractivity contribution is 7.99. The van der Waals surface area contributed by atoms with E-state index < -0.39 is 0 Å². The van der Waals surface area contributed by atoms with E-state index in [9.17, 15) is 4.79 Å². The second kappa shape index (κ2) is 5.86. The van der Waals surface area contributed by atoms with Gasteiger partial charge in [-0.2, -0.15) is 11.8 Å². The van der Waals surface area contributed by atoms with E-state index in [1.54, 1.807) is 11.8 Å². The Kier molecular flexibility index (Phi) is 5.10. The van der Waals surface area contributed by atoms with E-state index in [2.05, 4.69) is 0 Å². The molecule has 1 fully saturated rings. The number of carbonyl (C=O) groups excluding carboxylic acids is 1. The van der Waals surface area contributed by atoms with Crippen LogP contribution in [0.2, 0.25) is 0 Å². The molecule has 1 rings (SSSR count). The molecule has 0 heterocycles. The fourth-order valence-electron chi connectivity index (χ4n) is 1.91. The van der Waals surface area contributed by atoms with Crippen molar-refractivity contribution in [3.8, 4) is 0 Å². The summed E-state index contributed by atoms with van der Waals surface area (Å²) in [6, 6.07) is 0.255. The summed E-state index contributed by atoms with van der Waals surface area (Å²) in [5.74, 6) is 0.770. The maximum atomic E-state index is 11.6. The molecular formula is C10H18ClNOS. The molecule has 1 aliphatic rings. The fourth-order valence-corrected chi connectivity index (χ4v) is 2.81. The lowest BCUT2D eigenvalue weighted by molar-refractivity contribution is -0.129. The van der Waals surface area contributed by atoms with Crippen LogP contribution in [-0.4, -0.2) is 41.3 Å². The summed E-state index contributed by atoms with van der Waals surface area (Å²) >= 11 is 7.79. The summed E-state index contributed by atoms with van der Waals surface area (Å²) in [6.45, 7) is 0. The Hall–Kier alpha value is 0.110. The van der Waals surface area contributed by atoms with Gasteiger partial charge in [0.25, 0.3) is 0 Å². The molecule has 2 nitrogen and oxygen atoms in total. The average Bonchev–Trinajstić information content (AvgIpc) is 2.18. The first kappa shape index (κ1) is 12.2. The Morgan fingerprint density at radius 1 is 1.50 bits per heavy atom. The van der Waals surface area contributed by atoms with Gasteiger partial charge in [-0.25, -0.2) is 0 Å². The van der Waals surface area contributed by atoms with Gasteiger partial charge < -0.3 is 4.90 Å². The van der Waals surface area contributed by atoms with Crippen LogP contribution in [0, 0.1) is 0 Å². The zero-order valence-corrected chi connectivity index (χ0v) is 10.4. The summed E-state index contributed by atoms with van der Waals surface area (Å²) < 4.78 is 0. The number of alkyl halides is 1. The summed E-state index contributed by atoms with van der Waals surface area (Å²) in [5, 5.41) is 0.152. The minimum absolute atomic E-state index is 0.152. The van der Waals surface area contributed by atoms with Gasteiger partial charge in [-0.05, 0) is 19.1 Å². The molecule has 0 aromatic rings. The Morgan fingerprint density at radius 2 is 2.14 bits per heavy atom. The third kappa shape index (κ3) is 3.06. The maximum absolute atomic E-state index is 11.6. The first-order chi connectivity index (χ1) is 6.66. The predicted octanol–water partition coefficient (Wildman–Crippen LogP) is 2.36. The average molecular weight is 236 g/mol. The van der Waals surface area contributed by atoms with E-state index >= 15 is 0 Å². The standard InChI is InChI=1S/C10H18ClNOS/c1-12(10(13)7-14-2)9-6-4-3-5-8(9)11/h8-9H,3-7H2,1-2H3. The van der Waals surface area contributed by atoms with Crippen molar-refractivity contribution < 1.29 is 4.79 Å². The molecule has 0 radical (unpaired) electrons. The minimum atomic E-state index is 0.152. The minimum Gasteiger partial charge on any atom is -0.341 e. The van der Waals surface area contributed by atoms with Gasteiger partial charge in [-0.15, -0.1) is 11.6 Å². The van der Waals surface area contributed by atoms with Crippen LogP contribution in [0.25, 0.3) is 0 Å². The van der Waals surface area contributed by atoms with Crippen LogP contribution < -0.4 is 0 Å². The van der Waals surface area contributed by atoms with Crippen LogP contribution in [-0.2, 0) is 4.79 Å². The van der Waals surface area contributed by atoms with E-state index in [1.807, 2.05) is 18.2 Å². The van der Waals surface area contributed by atoms with E-state index in [1.165, 1.54) is 12.8 Å². The van der Waals surface area contributed by atoms with Gasteiger partial charge in [-0.1, -0.05) is 12.8 Å². The van der Waals surface area contributed by atoms with Gasteiger partial charge in [0.2, 0.25) is 5.91 Å². The van der Waals surface area contributed by atoms with E-state index in [0.717, 1.165) is 12.8 Å². The normalized spacial score (nSPS) is 27.4. The summed E-state index contributed by atoms with van der Waals surface area (Å²) in [4.78, 5) is 13.5. The molecule has 1 saturated carbocycles. The lowest BCUT2D eigenvalue weighted by Gasteiger charge is -2.34. The number of hydrogen-bond donors (Lipinski definition) is 0. The number of halogens is 1. The molecule has 14 heavy (non-hydrogen) atoms. The lowest BCUT2D eigenvalue weighted by Crippen LogP contribution is -2.44. The molecule has 0 spiro atoms. The van der Waals surface area contributed by atoms with Crippen molar-refractivity contribution in [1.82, 2.24) is 4.90 Å². The molecule has 82 valence electrons. The van der Waals surface area contributed by atoms with Crippen molar-refractivity contribution in [3.63, 3.8) is 0 Å². The molecule has 1 aliphatic carbocycles. The molecule has 0 N–H and O–H groups in total. The quantitative estimate of drug-likeness (QED) is 0.700. The monoisotopic (exact) mass is 235 g/mol. The van der Waals surface area contributed by atoms with Gasteiger partial charge in [-0.3, -0.25) is 4.79 Å². The van der Waals surface area contributed by atoms with Gasteiger partial charge in [0.05, 0.1) is 11.1 Å². The second-order valence-corrected chi connectivity index (χ2v) is 5.23. The first-order valence-electron chi connectivity index (χ1n) is 5.05. The Balaban J connectivity index is 2.48. The predicted molar refractivity (Wildman–Crippen MR) is 63.0 cm³/mol. The molecule has 2 atom stereocenters. The summed E-state index contributed by atoms with van der Waals surface area (Å²) in [6.07, 6.45) is 6.46. The zero-order chi connectivity index (χ0) is 10.6. The SMILES string of the molecule is CSCC(=O)N(C)C1CCCCC1Cl. The van der Waals surface area contributed by atoms with Crippen molar-refractivity contribution in [3.05, 3.63) is 0 Å². The van der Waals surface area contributed by atoms with E-state index in [0.29, 0.717) is 5.75 Å². The summed E-state index contributed by atoms with van der Waals surface area (Å²) in [5.41, 5.74) is 0. The third-order valence-corrected chi connectivity index (χ3v) is 3.85. The molecule has 1 amide bonds. The maximum Gasteiger partial charge on any atom is 0.232 e. The second-order valence-electron chi connectivity index (χ2n) is 3.81. The molecule has 0 aromatic carbocycles. The highest BCUT2D eigenvalue weighted by atomic mass is 35.5. The van der Waals surface area contributed by atoms with Crippen LogP contribution in [0.5, 0.6) is 0 Å².